The number of benzene rings is 2. The fraction of sp³-hybridized carbons (Fsp3) is 0.0625. The van der Waals surface area contributed by atoms with Gasteiger partial charge in [0.15, 0.2) is 0 Å². The molecular formula is C16H14BrN3. The number of nitrogens with one attached hydrogen (secondary N) is 1. The molecule has 0 aliphatic heterocycles. The van der Waals surface area contributed by atoms with Gasteiger partial charge in [-0.05, 0) is 52.7 Å². The van der Waals surface area contributed by atoms with E-state index in [1.165, 1.54) is 0 Å². The predicted octanol–water partition coefficient (Wildman–Crippen LogP) is 4.63. The molecule has 0 unspecified atom stereocenters. The number of hydrogen-bond donors (Lipinski definition) is 2. The van der Waals surface area contributed by atoms with Crippen molar-refractivity contribution in [1.29, 1.82) is 0 Å². The highest BCUT2D eigenvalue weighted by molar-refractivity contribution is 9.10. The molecule has 0 bridgehead atoms. The second-order valence-corrected chi connectivity index (χ2v) is 5.66. The van der Waals surface area contributed by atoms with E-state index < -0.39 is 0 Å². The summed E-state index contributed by atoms with van der Waals surface area (Å²) in [5.41, 5.74) is 10.7. The van der Waals surface area contributed by atoms with Crippen molar-refractivity contribution in [2.45, 2.75) is 6.92 Å². The van der Waals surface area contributed by atoms with Crippen LogP contribution in [0.2, 0.25) is 0 Å². The highest BCUT2D eigenvalue weighted by atomic mass is 79.9. The van der Waals surface area contributed by atoms with Gasteiger partial charge in [-0.1, -0.05) is 18.2 Å². The summed E-state index contributed by atoms with van der Waals surface area (Å²) in [6, 6.07) is 14.0. The highest BCUT2D eigenvalue weighted by Crippen LogP contribution is 2.29. The largest absolute Gasteiger partial charge is 0.397 e. The van der Waals surface area contributed by atoms with Crippen molar-refractivity contribution in [2.24, 2.45) is 0 Å². The minimum absolute atomic E-state index is 0.727. The Morgan fingerprint density at radius 2 is 1.95 bits per heavy atom. The molecule has 100 valence electrons. The number of hydrogen-bond acceptors (Lipinski definition) is 3. The van der Waals surface area contributed by atoms with Crippen LogP contribution < -0.4 is 11.1 Å². The molecule has 2 aromatic carbocycles. The first kappa shape index (κ1) is 12.9. The molecule has 3 rings (SSSR count). The Kier molecular flexibility index (Phi) is 3.32. The van der Waals surface area contributed by atoms with Gasteiger partial charge in [0.05, 0.1) is 22.6 Å². The average Bonchev–Trinajstić information content (AvgIpc) is 2.43. The van der Waals surface area contributed by atoms with E-state index in [0.29, 0.717) is 0 Å². The van der Waals surface area contributed by atoms with Crippen molar-refractivity contribution in [3.05, 3.63) is 58.7 Å². The Morgan fingerprint density at radius 3 is 2.80 bits per heavy atom. The molecular weight excluding hydrogens is 314 g/mol. The highest BCUT2D eigenvalue weighted by Gasteiger charge is 2.05. The number of anilines is 3. The second kappa shape index (κ2) is 5.13. The van der Waals surface area contributed by atoms with E-state index >= 15 is 0 Å². The van der Waals surface area contributed by atoms with Crippen LogP contribution >= 0.6 is 15.9 Å². The van der Waals surface area contributed by atoms with Crippen molar-refractivity contribution < 1.29 is 0 Å². The van der Waals surface area contributed by atoms with Crippen LogP contribution in [0.1, 0.15) is 5.56 Å². The third-order valence-corrected chi connectivity index (χ3v) is 3.59. The van der Waals surface area contributed by atoms with E-state index in [4.69, 9.17) is 5.73 Å². The standard InChI is InChI=1S/C16H14BrN3/c1-10-5-6-13(18)15(7-10)20-14-4-2-3-11-8-12(17)9-19-16(11)14/h2-9,20H,18H2,1H3. The van der Waals surface area contributed by atoms with Gasteiger partial charge in [0.2, 0.25) is 0 Å². The van der Waals surface area contributed by atoms with Gasteiger partial charge in [0, 0.05) is 16.1 Å². The summed E-state index contributed by atoms with van der Waals surface area (Å²) in [4.78, 5) is 4.48. The molecule has 4 heteroatoms. The molecule has 20 heavy (non-hydrogen) atoms. The lowest BCUT2D eigenvalue weighted by molar-refractivity contribution is 1.38. The third kappa shape index (κ3) is 2.47. The van der Waals surface area contributed by atoms with Crippen molar-refractivity contribution in [1.82, 2.24) is 4.98 Å². The Morgan fingerprint density at radius 1 is 1.10 bits per heavy atom. The van der Waals surface area contributed by atoms with E-state index in [2.05, 4.69) is 26.2 Å². The summed E-state index contributed by atoms with van der Waals surface area (Å²) >= 11 is 3.44. The molecule has 0 spiro atoms. The molecule has 0 radical (unpaired) electrons. The van der Waals surface area contributed by atoms with Gasteiger partial charge in [-0.3, -0.25) is 4.98 Å². The van der Waals surface area contributed by atoms with Crippen LogP contribution in [0, 0.1) is 6.92 Å². The number of halogens is 1. The number of aryl methyl sites for hydroxylation is 1. The molecule has 0 fully saturated rings. The number of fused-ring (bicyclic) bond motifs is 1. The van der Waals surface area contributed by atoms with Gasteiger partial charge in [0.1, 0.15) is 0 Å². The molecule has 3 N–H and O–H groups in total. The predicted molar refractivity (Wildman–Crippen MR) is 88.3 cm³/mol. The summed E-state index contributed by atoms with van der Waals surface area (Å²) in [7, 11) is 0. The lowest BCUT2D eigenvalue weighted by Gasteiger charge is -2.12. The minimum atomic E-state index is 0.727. The number of rotatable bonds is 2. The maximum atomic E-state index is 6.02. The van der Waals surface area contributed by atoms with Crippen molar-refractivity contribution in [3.8, 4) is 0 Å². The number of pyridine rings is 1. The minimum Gasteiger partial charge on any atom is -0.397 e. The van der Waals surface area contributed by atoms with E-state index in [-0.39, 0.29) is 0 Å². The first-order chi connectivity index (χ1) is 9.63. The zero-order valence-corrected chi connectivity index (χ0v) is 12.6. The normalized spacial score (nSPS) is 10.7. The maximum absolute atomic E-state index is 6.02. The number of para-hydroxylation sites is 1. The quantitative estimate of drug-likeness (QED) is 0.674. The molecule has 1 heterocycles. The van der Waals surface area contributed by atoms with Gasteiger partial charge in [0.25, 0.3) is 0 Å². The van der Waals surface area contributed by atoms with Crippen LogP contribution in [0.3, 0.4) is 0 Å². The summed E-state index contributed by atoms with van der Waals surface area (Å²) in [6.07, 6.45) is 1.80. The number of nitrogen functional groups attached to an aromatic ring is 1. The van der Waals surface area contributed by atoms with Crippen molar-refractivity contribution in [2.75, 3.05) is 11.1 Å². The SMILES string of the molecule is Cc1ccc(N)c(Nc2cccc3cc(Br)cnc23)c1. The van der Waals surface area contributed by atoms with E-state index in [1.54, 1.807) is 6.20 Å². The molecule has 1 aromatic heterocycles. The average molecular weight is 328 g/mol. The molecule has 3 nitrogen and oxygen atoms in total. The third-order valence-electron chi connectivity index (χ3n) is 3.16. The summed E-state index contributed by atoms with van der Waals surface area (Å²) in [6.45, 7) is 2.04. The van der Waals surface area contributed by atoms with Gasteiger partial charge < -0.3 is 11.1 Å². The Hall–Kier alpha value is -2.07. The molecule has 0 saturated heterocycles. The zero-order valence-electron chi connectivity index (χ0n) is 11.0. The monoisotopic (exact) mass is 327 g/mol. The number of nitrogens with two attached hydrogens (primary N) is 1. The van der Waals surface area contributed by atoms with Crippen LogP contribution in [-0.2, 0) is 0 Å². The first-order valence-electron chi connectivity index (χ1n) is 6.31. The van der Waals surface area contributed by atoms with Crippen LogP contribution in [0.5, 0.6) is 0 Å². The van der Waals surface area contributed by atoms with Crippen molar-refractivity contribution >= 4 is 43.9 Å². The summed E-state index contributed by atoms with van der Waals surface area (Å²) in [5.74, 6) is 0. The van der Waals surface area contributed by atoms with Crippen molar-refractivity contribution in [3.63, 3.8) is 0 Å². The van der Waals surface area contributed by atoms with E-state index in [9.17, 15) is 0 Å². The Labute approximate surface area is 126 Å². The van der Waals surface area contributed by atoms with E-state index in [0.717, 1.165) is 38.0 Å². The smallest absolute Gasteiger partial charge is 0.0937 e. The molecule has 3 aromatic rings. The van der Waals surface area contributed by atoms with E-state index in [1.807, 2.05) is 49.4 Å². The molecule has 0 saturated carbocycles. The maximum Gasteiger partial charge on any atom is 0.0937 e. The van der Waals surface area contributed by atoms with Crippen LogP contribution in [0.4, 0.5) is 17.1 Å². The lowest BCUT2D eigenvalue weighted by Crippen LogP contribution is -1.98. The zero-order chi connectivity index (χ0) is 14.1. The second-order valence-electron chi connectivity index (χ2n) is 4.75. The van der Waals surface area contributed by atoms with Gasteiger partial charge in [-0.2, -0.15) is 0 Å². The van der Waals surface area contributed by atoms with Crippen LogP contribution in [-0.4, -0.2) is 4.98 Å². The Bertz CT molecular complexity index is 784. The van der Waals surface area contributed by atoms with Gasteiger partial charge >= 0.3 is 0 Å². The first-order valence-corrected chi connectivity index (χ1v) is 7.10. The summed E-state index contributed by atoms with van der Waals surface area (Å²) in [5, 5.41) is 4.45. The topological polar surface area (TPSA) is 50.9 Å². The molecule has 0 atom stereocenters. The molecule has 0 amide bonds. The Balaban J connectivity index is 2.09. The number of nitrogens with zero attached hydrogens (tertiary/aromatic N) is 1. The van der Waals surface area contributed by atoms with Gasteiger partial charge in [-0.25, -0.2) is 0 Å². The fourth-order valence-electron chi connectivity index (χ4n) is 2.16. The number of aromatic nitrogens is 1. The van der Waals surface area contributed by atoms with Gasteiger partial charge in [-0.15, -0.1) is 0 Å². The lowest BCUT2D eigenvalue weighted by atomic mass is 10.1. The molecule has 0 aliphatic carbocycles. The van der Waals surface area contributed by atoms with Crippen LogP contribution in [0.25, 0.3) is 10.9 Å². The summed E-state index contributed by atoms with van der Waals surface area (Å²) < 4.78 is 0.970. The fourth-order valence-corrected chi connectivity index (χ4v) is 2.51. The van der Waals surface area contributed by atoms with Crippen LogP contribution in [0.15, 0.2) is 53.1 Å². The molecule has 0 aliphatic rings.